The van der Waals surface area contributed by atoms with Gasteiger partial charge < -0.3 is 11.1 Å². The van der Waals surface area contributed by atoms with Crippen molar-refractivity contribution in [3.63, 3.8) is 0 Å². The first-order valence-electron chi connectivity index (χ1n) is 5.44. The maximum Gasteiger partial charge on any atom is 0.292 e. The zero-order valence-corrected chi connectivity index (χ0v) is 10.8. The number of hydrogen-bond donors (Lipinski definition) is 2. The second-order valence-electron chi connectivity index (χ2n) is 3.85. The first-order chi connectivity index (χ1) is 9.47. The van der Waals surface area contributed by atoms with E-state index in [1.54, 1.807) is 6.07 Å². The van der Waals surface area contributed by atoms with E-state index in [1.165, 1.54) is 30.5 Å². The Labute approximate surface area is 118 Å². The lowest BCUT2D eigenvalue weighted by molar-refractivity contribution is -0.383. The summed E-state index contributed by atoms with van der Waals surface area (Å²) in [4.78, 5) is 25.8. The number of carbonyl (C=O) groups excluding carboxylic acids is 1. The average molecular weight is 293 g/mol. The minimum atomic E-state index is -0.613. The SMILES string of the molecule is Nc1cc(C(=O)Nc2ccc(Cl)cn2)ccc1[N+](=O)[O-]. The Morgan fingerprint density at radius 1 is 1.35 bits per heavy atom. The molecule has 0 bridgehead atoms. The van der Waals surface area contributed by atoms with Crippen molar-refractivity contribution in [3.05, 3.63) is 57.2 Å². The number of nitro benzene ring substituents is 1. The van der Waals surface area contributed by atoms with Gasteiger partial charge in [-0.25, -0.2) is 4.98 Å². The van der Waals surface area contributed by atoms with Gasteiger partial charge in [0.05, 0.1) is 9.95 Å². The van der Waals surface area contributed by atoms with Crippen LogP contribution in [0.2, 0.25) is 5.02 Å². The van der Waals surface area contributed by atoms with Gasteiger partial charge in [0.25, 0.3) is 11.6 Å². The molecule has 0 fully saturated rings. The number of nitrogens with one attached hydrogen (secondary N) is 1. The molecule has 0 spiro atoms. The van der Waals surface area contributed by atoms with Crippen LogP contribution in [0.15, 0.2) is 36.5 Å². The summed E-state index contributed by atoms with van der Waals surface area (Å²) in [5.41, 5.74) is 5.40. The van der Waals surface area contributed by atoms with Crippen LogP contribution in [-0.2, 0) is 0 Å². The summed E-state index contributed by atoms with van der Waals surface area (Å²) in [6.07, 6.45) is 1.39. The van der Waals surface area contributed by atoms with Gasteiger partial charge in [0, 0.05) is 17.8 Å². The Balaban J connectivity index is 2.19. The minimum absolute atomic E-state index is 0.0771. The fraction of sp³-hybridized carbons (Fsp3) is 0. The maximum absolute atomic E-state index is 11.9. The van der Waals surface area contributed by atoms with Crippen LogP contribution in [0.3, 0.4) is 0 Å². The fourth-order valence-corrected chi connectivity index (χ4v) is 1.61. The molecular formula is C12H9ClN4O3. The number of pyridine rings is 1. The van der Waals surface area contributed by atoms with Gasteiger partial charge in [-0.15, -0.1) is 0 Å². The summed E-state index contributed by atoms with van der Waals surface area (Å²) in [6, 6.07) is 6.85. The summed E-state index contributed by atoms with van der Waals surface area (Å²) in [5.74, 6) is -0.155. The standard InChI is InChI=1S/C12H9ClN4O3/c13-8-2-4-11(15-6-8)16-12(18)7-1-3-10(17(19)20)9(14)5-7/h1-6H,14H2,(H,15,16,18). The molecule has 8 heteroatoms. The number of carbonyl (C=O) groups is 1. The Morgan fingerprint density at radius 2 is 2.10 bits per heavy atom. The van der Waals surface area contributed by atoms with Crippen molar-refractivity contribution in [1.29, 1.82) is 0 Å². The molecule has 20 heavy (non-hydrogen) atoms. The summed E-state index contributed by atoms with van der Waals surface area (Å²) in [5, 5.41) is 13.6. The van der Waals surface area contributed by atoms with Crippen molar-refractivity contribution in [2.45, 2.75) is 0 Å². The molecule has 7 nitrogen and oxygen atoms in total. The molecular weight excluding hydrogens is 284 g/mol. The smallest absolute Gasteiger partial charge is 0.292 e. The van der Waals surface area contributed by atoms with Crippen molar-refractivity contribution in [1.82, 2.24) is 4.98 Å². The van der Waals surface area contributed by atoms with Crippen LogP contribution in [-0.4, -0.2) is 15.8 Å². The Hall–Kier alpha value is -2.67. The van der Waals surface area contributed by atoms with Crippen LogP contribution in [0.5, 0.6) is 0 Å². The van der Waals surface area contributed by atoms with Gasteiger partial charge in [-0.05, 0) is 24.3 Å². The highest BCUT2D eigenvalue weighted by Gasteiger charge is 2.14. The number of nitrogens with two attached hydrogens (primary N) is 1. The second kappa shape index (κ2) is 5.54. The van der Waals surface area contributed by atoms with Crippen LogP contribution in [0.4, 0.5) is 17.2 Å². The van der Waals surface area contributed by atoms with Gasteiger partial charge >= 0.3 is 0 Å². The highest BCUT2D eigenvalue weighted by Crippen LogP contribution is 2.22. The van der Waals surface area contributed by atoms with Gasteiger partial charge in [-0.2, -0.15) is 0 Å². The van der Waals surface area contributed by atoms with Crippen LogP contribution >= 0.6 is 11.6 Å². The van der Waals surface area contributed by atoms with Crippen molar-refractivity contribution >= 4 is 34.7 Å². The number of nitrogens with zero attached hydrogens (tertiary/aromatic N) is 2. The zero-order valence-electron chi connectivity index (χ0n) is 10.0. The first-order valence-corrected chi connectivity index (χ1v) is 5.82. The number of nitro groups is 1. The highest BCUT2D eigenvalue weighted by atomic mass is 35.5. The normalized spacial score (nSPS) is 10.1. The molecule has 0 atom stereocenters. The second-order valence-corrected chi connectivity index (χ2v) is 4.28. The molecule has 1 heterocycles. The van der Waals surface area contributed by atoms with Gasteiger partial charge in [0.2, 0.25) is 0 Å². The summed E-state index contributed by atoms with van der Waals surface area (Å²) in [6.45, 7) is 0. The fourth-order valence-electron chi connectivity index (χ4n) is 1.50. The van der Waals surface area contributed by atoms with E-state index in [9.17, 15) is 14.9 Å². The molecule has 0 aliphatic heterocycles. The third-order valence-corrected chi connectivity index (χ3v) is 2.68. The first kappa shape index (κ1) is 13.8. The average Bonchev–Trinajstić information content (AvgIpc) is 2.40. The minimum Gasteiger partial charge on any atom is -0.393 e. The quantitative estimate of drug-likeness (QED) is 0.513. The third-order valence-electron chi connectivity index (χ3n) is 2.46. The van der Waals surface area contributed by atoms with E-state index >= 15 is 0 Å². The van der Waals surface area contributed by atoms with Gasteiger partial charge in [-0.1, -0.05) is 11.6 Å². The van der Waals surface area contributed by atoms with E-state index in [2.05, 4.69) is 10.3 Å². The Morgan fingerprint density at radius 3 is 2.65 bits per heavy atom. The van der Waals surface area contributed by atoms with Crippen molar-refractivity contribution in [2.24, 2.45) is 0 Å². The van der Waals surface area contributed by atoms with E-state index in [1.807, 2.05) is 0 Å². The van der Waals surface area contributed by atoms with Gasteiger partial charge in [0.15, 0.2) is 0 Å². The number of rotatable bonds is 3. The Bertz CT molecular complexity index is 673. The maximum atomic E-state index is 11.9. The number of hydrogen-bond acceptors (Lipinski definition) is 5. The number of amides is 1. The monoisotopic (exact) mass is 292 g/mol. The molecule has 1 aromatic heterocycles. The van der Waals surface area contributed by atoms with Gasteiger partial charge in [-0.3, -0.25) is 14.9 Å². The van der Waals surface area contributed by atoms with E-state index in [4.69, 9.17) is 17.3 Å². The van der Waals surface area contributed by atoms with Gasteiger partial charge in [0.1, 0.15) is 11.5 Å². The molecule has 1 amide bonds. The molecule has 2 aromatic rings. The molecule has 0 aliphatic rings. The lowest BCUT2D eigenvalue weighted by Gasteiger charge is -2.05. The predicted molar refractivity (Wildman–Crippen MR) is 74.7 cm³/mol. The molecule has 3 N–H and O–H groups in total. The topological polar surface area (TPSA) is 111 Å². The van der Waals surface area contributed by atoms with Crippen LogP contribution in [0.1, 0.15) is 10.4 Å². The van der Waals surface area contributed by atoms with E-state index in [0.29, 0.717) is 10.8 Å². The molecule has 0 saturated carbocycles. The number of aromatic nitrogens is 1. The third kappa shape index (κ3) is 3.01. The number of anilines is 2. The lowest BCUT2D eigenvalue weighted by atomic mass is 10.1. The summed E-state index contributed by atoms with van der Waals surface area (Å²) < 4.78 is 0. The number of nitrogen functional groups attached to an aromatic ring is 1. The predicted octanol–water partition coefficient (Wildman–Crippen LogP) is 2.48. The van der Waals surface area contributed by atoms with Crippen molar-refractivity contribution in [3.8, 4) is 0 Å². The lowest BCUT2D eigenvalue weighted by Crippen LogP contribution is -2.13. The number of halogens is 1. The Kier molecular flexibility index (Phi) is 3.81. The van der Waals surface area contributed by atoms with Crippen LogP contribution in [0, 0.1) is 10.1 Å². The molecule has 1 aromatic carbocycles. The van der Waals surface area contributed by atoms with Crippen molar-refractivity contribution < 1.29 is 9.72 Å². The zero-order chi connectivity index (χ0) is 14.7. The number of benzene rings is 1. The molecule has 102 valence electrons. The molecule has 2 rings (SSSR count). The summed E-state index contributed by atoms with van der Waals surface area (Å²) >= 11 is 5.68. The molecule has 0 radical (unpaired) electrons. The van der Waals surface area contributed by atoms with Crippen LogP contribution < -0.4 is 11.1 Å². The summed E-state index contributed by atoms with van der Waals surface area (Å²) in [7, 11) is 0. The van der Waals surface area contributed by atoms with E-state index in [-0.39, 0.29) is 16.9 Å². The molecule has 0 saturated heterocycles. The van der Waals surface area contributed by atoms with Crippen molar-refractivity contribution in [2.75, 3.05) is 11.1 Å². The molecule has 0 unspecified atom stereocenters. The van der Waals surface area contributed by atoms with E-state index < -0.39 is 10.8 Å². The molecule has 0 aliphatic carbocycles. The highest BCUT2D eigenvalue weighted by molar-refractivity contribution is 6.30. The largest absolute Gasteiger partial charge is 0.393 e. The van der Waals surface area contributed by atoms with E-state index in [0.717, 1.165) is 0 Å². The van der Waals surface area contributed by atoms with Crippen LogP contribution in [0.25, 0.3) is 0 Å².